The van der Waals surface area contributed by atoms with Gasteiger partial charge in [0.1, 0.15) is 43.4 Å². The van der Waals surface area contributed by atoms with E-state index in [1.165, 1.54) is 0 Å². The SMILES string of the molecule is CC(=O)N[C@@H](C=O)[C@@H](O[C@@H]1O[C@H](COC(C)=O)[C@H](OC(C)=O)[C@H](OC(C)=O)[C@H]1OC(C)=O)[C@H](O)[C@H](O)CO. The molecule has 1 saturated heterocycles. The molecule has 16 nitrogen and oxygen atoms in total. The molecule has 216 valence electrons. The van der Waals surface area contributed by atoms with Crippen LogP contribution >= 0.6 is 0 Å². The van der Waals surface area contributed by atoms with Crippen molar-refractivity contribution in [1.29, 1.82) is 0 Å². The summed E-state index contributed by atoms with van der Waals surface area (Å²) in [5.74, 6) is -4.21. The molecule has 1 rings (SSSR count). The molecule has 0 aliphatic carbocycles. The lowest BCUT2D eigenvalue weighted by Gasteiger charge is -2.45. The number of hydrogen-bond acceptors (Lipinski definition) is 15. The van der Waals surface area contributed by atoms with Crippen molar-refractivity contribution >= 4 is 36.1 Å². The Bertz CT molecular complexity index is 864. The maximum absolute atomic E-state index is 11.9. The molecule has 0 aromatic rings. The van der Waals surface area contributed by atoms with Crippen LogP contribution in [0.4, 0.5) is 0 Å². The number of ether oxygens (including phenoxy) is 6. The number of carbonyl (C=O) groups is 6. The Morgan fingerprint density at radius 3 is 1.84 bits per heavy atom. The number of hydrogen-bond donors (Lipinski definition) is 4. The van der Waals surface area contributed by atoms with Gasteiger partial charge >= 0.3 is 23.9 Å². The number of aldehydes is 1. The summed E-state index contributed by atoms with van der Waals surface area (Å²) >= 11 is 0. The first-order valence-electron chi connectivity index (χ1n) is 11.4. The second-order valence-corrected chi connectivity index (χ2v) is 8.27. The van der Waals surface area contributed by atoms with Gasteiger partial charge in [-0.3, -0.25) is 24.0 Å². The molecule has 1 fully saturated rings. The summed E-state index contributed by atoms with van der Waals surface area (Å²) in [7, 11) is 0. The number of aliphatic hydroxyl groups excluding tert-OH is 3. The fraction of sp³-hybridized carbons (Fsp3) is 0.727. The van der Waals surface area contributed by atoms with Crippen LogP contribution in [0.25, 0.3) is 0 Å². The zero-order chi connectivity index (χ0) is 29.2. The lowest BCUT2D eigenvalue weighted by Crippen LogP contribution is -2.65. The monoisotopic (exact) mass is 551 g/mol. The molecular weight excluding hydrogens is 518 g/mol. The molecule has 0 unspecified atom stereocenters. The minimum Gasteiger partial charge on any atom is -0.463 e. The molecular formula is C22H33NO15. The van der Waals surface area contributed by atoms with Crippen LogP contribution in [0.15, 0.2) is 0 Å². The molecule has 0 aromatic heterocycles. The summed E-state index contributed by atoms with van der Waals surface area (Å²) in [6.45, 7) is 3.59. The average Bonchev–Trinajstić information content (AvgIpc) is 2.81. The van der Waals surface area contributed by atoms with Gasteiger partial charge in [-0.05, 0) is 0 Å². The van der Waals surface area contributed by atoms with Crippen LogP contribution in [-0.4, -0.2) is 120 Å². The van der Waals surface area contributed by atoms with E-state index in [9.17, 15) is 44.1 Å². The van der Waals surface area contributed by atoms with Crippen molar-refractivity contribution in [2.45, 2.75) is 89.7 Å². The largest absolute Gasteiger partial charge is 0.463 e. The van der Waals surface area contributed by atoms with Crippen LogP contribution < -0.4 is 5.32 Å². The first-order valence-corrected chi connectivity index (χ1v) is 11.4. The number of amides is 1. The highest BCUT2D eigenvalue weighted by atomic mass is 16.7. The highest BCUT2D eigenvalue weighted by Crippen LogP contribution is 2.31. The van der Waals surface area contributed by atoms with Gasteiger partial charge in [-0.15, -0.1) is 0 Å². The zero-order valence-electron chi connectivity index (χ0n) is 21.4. The molecule has 1 aliphatic rings. The van der Waals surface area contributed by atoms with Crippen molar-refractivity contribution in [2.24, 2.45) is 0 Å². The van der Waals surface area contributed by atoms with E-state index in [-0.39, 0.29) is 6.29 Å². The predicted octanol–water partition coefficient (Wildman–Crippen LogP) is -3.13. The molecule has 4 N–H and O–H groups in total. The fourth-order valence-corrected chi connectivity index (χ4v) is 3.59. The third kappa shape index (κ3) is 9.94. The highest BCUT2D eigenvalue weighted by molar-refractivity contribution is 5.77. The quantitative estimate of drug-likeness (QED) is 0.101. The van der Waals surface area contributed by atoms with E-state index in [0.29, 0.717) is 0 Å². The Balaban J connectivity index is 3.62. The smallest absolute Gasteiger partial charge is 0.303 e. The zero-order valence-corrected chi connectivity index (χ0v) is 21.4. The lowest BCUT2D eigenvalue weighted by molar-refractivity contribution is -0.325. The minimum atomic E-state index is -2.02. The predicted molar refractivity (Wildman–Crippen MR) is 120 cm³/mol. The molecule has 0 aromatic carbocycles. The molecule has 1 heterocycles. The lowest BCUT2D eigenvalue weighted by atomic mass is 9.97. The van der Waals surface area contributed by atoms with Gasteiger partial charge in [0.25, 0.3) is 0 Å². The maximum atomic E-state index is 11.9. The Hall–Kier alpha value is -3.18. The number of aliphatic hydroxyl groups is 3. The second kappa shape index (κ2) is 15.3. The van der Waals surface area contributed by atoms with Crippen molar-refractivity contribution in [3.8, 4) is 0 Å². The van der Waals surface area contributed by atoms with Gasteiger partial charge in [0.2, 0.25) is 5.91 Å². The first kappa shape index (κ1) is 32.8. The van der Waals surface area contributed by atoms with Crippen LogP contribution in [0.1, 0.15) is 34.6 Å². The molecule has 38 heavy (non-hydrogen) atoms. The number of rotatable bonds is 13. The third-order valence-corrected chi connectivity index (χ3v) is 5.03. The Morgan fingerprint density at radius 1 is 0.868 bits per heavy atom. The van der Waals surface area contributed by atoms with Gasteiger partial charge in [-0.25, -0.2) is 0 Å². The molecule has 1 amide bonds. The van der Waals surface area contributed by atoms with Gasteiger partial charge in [-0.1, -0.05) is 0 Å². The van der Waals surface area contributed by atoms with Crippen molar-refractivity contribution in [2.75, 3.05) is 13.2 Å². The van der Waals surface area contributed by atoms with Crippen molar-refractivity contribution in [3.05, 3.63) is 0 Å². The summed E-state index contributed by atoms with van der Waals surface area (Å²) in [6.07, 6.45) is -13.6. The van der Waals surface area contributed by atoms with Crippen LogP contribution in [0, 0.1) is 0 Å². The summed E-state index contributed by atoms with van der Waals surface area (Å²) in [5.41, 5.74) is 0. The molecule has 16 heteroatoms. The highest BCUT2D eigenvalue weighted by Gasteiger charge is 2.54. The average molecular weight is 551 g/mol. The van der Waals surface area contributed by atoms with E-state index in [0.717, 1.165) is 34.6 Å². The summed E-state index contributed by atoms with van der Waals surface area (Å²) in [5, 5.41) is 32.1. The van der Waals surface area contributed by atoms with E-state index < -0.39 is 98.1 Å². The number of nitrogens with one attached hydrogen (secondary N) is 1. The van der Waals surface area contributed by atoms with Gasteiger partial charge in [0, 0.05) is 34.6 Å². The van der Waals surface area contributed by atoms with Gasteiger partial charge in [0.15, 0.2) is 24.6 Å². The maximum Gasteiger partial charge on any atom is 0.303 e. The van der Waals surface area contributed by atoms with Crippen LogP contribution in [0.3, 0.4) is 0 Å². The van der Waals surface area contributed by atoms with Gasteiger partial charge in [-0.2, -0.15) is 0 Å². The van der Waals surface area contributed by atoms with E-state index in [4.69, 9.17) is 28.4 Å². The third-order valence-electron chi connectivity index (χ3n) is 5.03. The fourth-order valence-electron chi connectivity index (χ4n) is 3.59. The van der Waals surface area contributed by atoms with Crippen molar-refractivity contribution in [1.82, 2.24) is 5.32 Å². The van der Waals surface area contributed by atoms with E-state index >= 15 is 0 Å². The molecule has 9 atom stereocenters. The van der Waals surface area contributed by atoms with Crippen LogP contribution in [0.2, 0.25) is 0 Å². The van der Waals surface area contributed by atoms with E-state index in [1.807, 2.05) is 0 Å². The van der Waals surface area contributed by atoms with Crippen molar-refractivity contribution in [3.63, 3.8) is 0 Å². The topological polar surface area (TPSA) is 231 Å². The number of esters is 4. The van der Waals surface area contributed by atoms with Gasteiger partial charge < -0.3 is 53.9 Å². The van der Waals surface area contributed by atoms with E-state index in [2.05, 4.69) is 5.32 Å². The summed E-state index contributed by atoms with van der Waals surface area (Å²) in [4.78, 5) is 70.5. The van der Waals surface area contributed by atoms with Crippen LogP contribution in [0.5, 0.6) is 0 Å². The van der Waals surface area contributed by atoms with E-state index in [1.54, 1.807) is 0 Å². The number of carbonyl (C=O) groups excluding carboxylic acids is 6. The molecule has 0 radical (unpaired) electrons. The summed E-state index contributed by atoms with van der Waals surface area (Å²) < 4.78 is 32.1. The Kier molecular flexibility index (Phi) is 13.2. The van der Waals surface area contributed by atoms with Crippen LogP contribution in [-0.2, 0) is 57.2 Å². The minimum absolute atomic E-state index is 0.171. The normalized spacial score (nSPS) is 26.1. The Labute approximate surface area is 217 Å². The Morgan fingerprint density at radius 2 is 1.39 bits per heavy atom. The standard InChI is InChI=1S/C22H33NO15/c1-9(26)23-14(6-24)18(17(32)15(31)7-25)38-22-21(36-13(5)30)20(35-12(4)29)19(34-11(3)28)16(37-22)8-33-10(2)27/h6,14-22,25,31-32H,7-8H2,1-5H3,(H,23,26)/t14-,15+,16+,17+,18+,19-,20-,21+,22-/m0/s1. The molecule has 0 saturated carbocycles. The molecule has 0 bridgehead atoms. The first-order chi connectivity index (χ1) is 17.7. The van der Waals surface area contributed by atoms with Gasteiger partial charge in [0.05, 0.1) is 6.61 Å². The molecule has 0 spiro atoms. The molecule has 1 aliphatic heterocycles. The van der Waals surface area contributed by atoms with Crippen molar-refractivity contribution < 1.29 is 72.5 Å². The second-order valence-electron chi connectivity index (χ2n) is 8.27. The summed E-state index contributed by atoms with van der Waals surface area (Å²) in [6, 6.07) is -1.63.